The minimum atomic E-state index is -0.431. The maximum Gasteiger partial charge on any atom is 0.225 e. The van der Waals surface area contributed by atoms with Crippen LogP contribution in [0.15, 0.2) is 24.3 Å². The molecule has 0 bridgehead atoms. The smallest absolute Gasteiger partial charge is 0.225 e. The highest BCUT2D eigenvalue weighted by molar-refractivity contribution is 5.90. The minimum absolute atomic E-state index is 0.0820. The molecule has 0 aliphatic heterocycles. The van der Waals surface area contributed by atoms with Crippen LogP contribution < -0.4 is 5.32 Å². The molecule has 112 valence electrons. The Morgan fingerprint density at radius 3 is 2.70 bits per heavy atom. The van der Waals surface area contributed by atoms with Crippen molar-refractivity contribution in [2.24, 2.45) is 0 Å². The molecule has 0 atom stereocenters. The van der Waals surface area contributed by atoms with Gasteiger partial charge in [-0.15, -0.1) is 0 Å². The normalized spacial score (nSPS) is 10.8. The van der Waals surface area contributed by atoms with E-state index in [4.69, 9.17) is 5.11 Å². The molecule has 0 saturated heterocycles. The molecule has 0 heterocycles. The van der Waals surface area contributed by atoms with Crippen molar-refractivity contribution in [1.82, 2.24) is 4.90 Å². The molecular formula is C15H23FN2O2. The first-order valence-electron chi connectivity index (χ1n) is 7.05. The molecule has 1 aromatic rings. The fourth-order valence-corrected chi connectivity index (χ4v) is 1.89. The fourth-order valence-electron chi connectivity index (χ4n) is 1.89. The number of amides is 1. The van der Waals surface area contributed by atoms with Crippen LogP contribution in [-0.4, -0.2) is 42.2 Å². The van der Waals surface area contributed by atoms with Crippen molar-refractivity contribution in [3.63, 3.8) is 0 Å². The van der Waals surface area contributed by atoms with Gasteiger partial charge in [-0.1, -0.05) is 25.5 Å². The predicted molar refractivity (Wildman–Crippen MR) is 78.1 cm³/mol. The zero-order valence-corrected chi connectivity index (χ0v) is 11.9. The average molecular weight is 282 g/mol. The molecule has 1 amide bonds. The summed E-state index contributed by atoms with van der Waals surface area (Å²) in [6.45, 7) is 4.18. The van der Waals surface area contributed by atoms with E-state index in [9.17, 15) is 9.18 Å². The summed E-state index contributed by atoms with van der Waals surface area (Å²) in [5, 5.41) is 11.5. The first kappa shape index (κ1) is 16.6. The number of halogens is 1. The molecule has 20 heavy (non-hydrogen) atoms. The maximum absolute atomic E-state index is 13.4. The first-order valence-corrected chi connectivity index (χ1v) is 7.05. The molecule has 0 aromatic heterocycles. The van der Waals surface area contributed by atoms with E-state index in [1.807, 2.05) is 4.90 Å². The number of hydrogen-bond donors (Lipinski definition) is 2. The van der Waals surface area contributed by atoms with Gasteiger partial charge in [-0.05, 0) is 25.1 Å². The van der Waals surface area contributed by atoms with E-state index in [0.717, 1.165) is 19.4 Å². The van der Waals surface area contributed by atoms with Gasteiger partial charge in [0.1, 0.15) is 5.82 Å². The van der Waals surface area contributed by atoms with E-state index in [-0.39, 0.29) is 24.6 Å². The molecule has 0 unspecified atom stereocenters. The summed E-state index contributed by atoms with van der Waals surface area (Å²) in [4.78, 5) is 13.8. The van der Waals surface area contributed by atoms with Gasteiger partial charge in [0.15, 0.2) is 0 Å². The lowest BCUT2D eigenvalue weighted by Crippen LogP contribution is -2.31. The number of carbonyl (C=O) groups excluding carboxylic acids is 1. The van der Waals surface area contributed by atoms with E-state index >= 15 is 0 Å². The number of hydrogen-bond acceptors (Lipinski definition) is 3. The van der Waals surface area contributed by atoms with Gasteiger partial charge in [0.05, 0.1) is 12.3 Å². The van der Waals surface area contributed by atoms with E-state index in [0.29, 0.717) is 13.1 Å². The zero-order chi connectivity index (χ0) is 14.8. The van der Waals surface area contributed by atoms with Crippen molar-refractivity contribution in [1.29, 1.82) is 0 Å². The number of aliphatic hydroxyl groups is 1. The third kappa shape index (κ3) is 6.12. The van der Waals surface area contributed by atoms with Crippen LogP contribution in [0, 0.1) is 5.82 Å². The third-order valence-corrected chi connectivity index (χ3v) is 3.05. The minimum Gasteiger partial charge on any atom is -0.395 e. The van der Waals surface area contributed by atoms with Gasteiger partial charge in [0, 0.05) is 19.5 Å². The summed E-state index contributed by atoms with van der Waals surface area (Å²) in [6.07, 6.45) is 2.40. The highest BCUT2D eigenvalue weighted by Gasteiger charge is 2.09. The lowest BCUT2D eigenvalue weighted by Gasteiger charge is -2.20. The SMILES string of the molecule is CCCCN(CCO)CCC(=O)Nc1ccccc1F. The fraction of sp³-hybridized carbons (Fsp3) is 0.533. The molecule has 1 rings (SSSR count). The lowest BCUT2D eigenvalue weighted by atomic mass is 10.2. The van der Waals surface area contributed by atoms with Crippen LogP contribution in [0.5, 0.6) is 0 Å². The second-order valence-electron chi connectivity index (χ2n) is 4.70. The van der Waals surface area contributed by atoms with Gasteiger partial charge in [0.25, 0.3) is 0 Å². The third-order valence-electron chi connectivity index (χ3n) is 3.05. The van der Waals surface area contributed by atoms with Gasteiger partial charge < -0.3 is 15.3 Å². The number of anilines is 1. The van der Waals surface area contributed by atoms with Gasteiger partial charge in [-0.2, -0.15) is 0 Å². The average Bonchev–Trinajstić information content (AvgIpc) is 2.44. The summed E-state index contributed by atoms with van der Waals surface area (Å²) in [5.74, 6) is -0.645. The molecule has 0 saturated carbocycles. The lowest BCUT2D eigenvalue weighted by molar-refractivity contribution is -0.116. The molecule has 0 radical (unpaired) electrons. The maximum atomic E-state index is 13.4. The Balaban J connectivity index is 2.39. The van der Waals surface area contributed by atoms with Crippen molar-refractivity contribution in [2.75, 3.05) is 31.6 Å². The Hall–Kier alpha value is -1.46. The molecule has 0 aliphatic carbocycles. The number of aliphatic hydroxyl groups excluding tert-OH is 1. The van der Waals surface area contributed by atoms with Crippen molar-refractivity contribution in [3.8, 4) is 0 Å². The number of rotatable bonds is 9. The summed E-state index contributed by atoms with van der Waals surface area (Å²) in [7, 11) is 0. The Bertz CT molecular complexity index is 413. The standard InChI is InChI=1S/C15H23FN2O2/c1-2-3-9-18(11-12-19)10-8-15(20)17-14-7-5-4-6-13(14)16/h4-7,19H,2-3,8-12H2,1H3,(H,17,20). The quantitative estimate of drug-likeness (QED) is 0.730. The van der Waals surface area contributed by atoms with Crippen molar-refractivity contribution < 1.29 is 14.3 Å². The first-order chi connectivity index (χ1) is 9.67. The van der Waals surface area contributed by atoms with E-state index in [1.54, 1.807) is 12.1 Å². The topological polar surface area (TPSA) is 52.6 Å². The van der Waals surface area contributed by atoms with Crippen molar-refractivity contribution in [2.45, 2.75) is 26.2 Å². The van der Waals surface area contributed by atoms with Crippen LogP contribution in [0.2, 0.25) is 0 Å². The number of unbranched alkanes of at least 4 members (excludes halogenated alkanes) is 1. The Morgan fingerprint density at radius 2 is 2.05 bits per heavy atom. The number of para-hydroxylation sites is 1. The Kier molecular flexibility index (Phi) is 7.84. The Morgan fingerprint density at radius 1 is 1.30 bits per heavy atom. The number of benzene rings is 1. The van der Waals surface area contributed by atoms with E-state index in [2.05, 4.69) is 12.2 Å². The number of nitrogens with one attached hydrogen (secondary N) is 1. The van der Waals surface area contributed by atoms with Crippen LogP contribution in [0.4, 0.5) is 10.1 Å². The molecule has 0 aliphatic rings. The Labute approximate surface area is 119 Å². The molecule has 5 heteroatoms. The number of carbonyl (C=O) groups is 1. The molecule has 1 aromatic carbocycles. The van der Waals surface area contributed by atoms with Gasteiger partial charge >= 0.3 is 0 Å². The van der Waals surface area contributed by atoms with Crippen LogP contribution in [0.25, 0.3) is 0 Å². The number of nitrogens with zero attached hydrogens (tertiary/aromatic N) is 1. The van der Waals surface area contributed by atoms with Gasteiger partial charge in [-0.25, -0.2) is 4.39 Å². The second-order valence-corrected chi connectivity index (χ2v) is 4.70. The van der Waals surface area contributed by atoms with Crippen molar-refractivity contribution in [3.05, 3.63) is 30.1 Å². The van der Waals surface area contributed by atoms with Gasteiger partial charge in [0.2, 0.25) is 5.91 Å². The van der Waals surface area contributed by atoms with Crippen molar-refractivity contribution >= 4 is 11.6 Å². The van der Waals surface area contributed by atoms with Gasteiger partial charge in [-0.3, -0.25) is 4.79 Å². The summed E-state index contributed by atoms with van der Waals surface area (Å²) in [6, 6.07) is 6.11. The summed E-state index contributed by atoms with van der Waals surface area (Å²) >= 11 is 0. The largest absolute Gasteiger partial charge is 0.395 e. The molecule has 0 fully saturated rings. The van der Waals surface area contributed by atoms with Crippen LogP contribution in [0.1, 0.15) is 26.2 Å². The predicted octanol–water partition coefficient (Wildman–Crippen LogP) is 2.25. The van der Waals surface area contributed by atoms with E-state index in [1.165, 1.54) is 12.1 Å². The van der Waals surface area contributed by atoms with Crippen LogP contribution >= 0.6 is 0 Å². The zero-order valence-electron chi connectivity index (χ0n) is 11.9. The molecule has 2 N–H and O–H groups in total. The summed E-state index contributed by atoms with van der Waals surface area (Å²) < 4.78 is 13.4. The monoisotopic (exact) mass is 282 g/mol. The molecular weight excluding hydrogens is 259 g/mol. The van der Waals surface area contributed by atoms with E-state index < -0.39 is 5.82 Å². The highest BCUT2D eigenvalue weighted by atomic mass is 19.1. The summed E-state index contributed by atoms with van der Waals surface area (Å²) in [5.41, 5.74) is 0.208. The van der Waals surface area contributed by atoms with Crippen LogP contribution in [-0.2, 0) is 4.79 Å². The molecule has 0 spiro atoms. The van der Waals surface area contributed by atoms with Crippen LogP contribution in [0.3, 0.4) is 0 Å². The molecule has 4 nitrogen and oxygen atoms in total. The second kappa shape index (κ2) is 9.44. The highest BCUT2D eigenvalue weighted by Crippen LogP contribution is 2.12.